The minimum atomic E-state index is -0.403. The normalized spacial score (nSPS) is 17.4. The van der Waals surface area contributed by atoms with Gasteiger partial charge < -0.3 is 14.6 Å². The number of carbonyl (C=O) groups is 1. The van der Waals surface area contributed by atoms with E-state index in [2.05, 4.69) is 30.4 Å². The quantitative estimate of drug-likeness (QED) is 0.671. The van der Waals surface area contributed by atoms with Crippen LogP contribution in [0.4, 0.5) is 16.6 Å². The SMILES string of the molecule is CC(C)[C@H]1COC(=O)N1c1ccnc(N[C@@H](C)c2nc(-c3ccncc3)no2)n1. The summed E-state index contributed by atoms with van der Waals surface area (Å²) in [6, 6.07) is 4.90. The highest BCUT2D eigenvalue weighted by Crippen LogP contribution is 2.27. The first-order valence-electron chi connectivity index (χ1n) is 9.32. The van der Waals surface area contributed by atoms with Crippen LogP contribution in [0.15, 0.2) is 41.3 Å². The minimum Gasteiger partial charge on any atom is -0.447 e. The molecule has 0 radical (unpaired) electrons. The number of carbonyl (C=O) groups excluding carboxylic acids is 1. The summed E-state index contributed by atoms with van der Waals surface area (Å²) in [5.74, 6) is 1.94. The van der Waals surface area contributed by atoms with Crippen molar-refractivity contribution in [3.8, 4) is 11.4 Å². The first-order chi connectivity index (χ1) is 14.0. The lowest BCUT2D eigenvalue weighted by molar-refractivity contribution is 0.177. The lowest BCUT2D eigenvalue weighted by Gasteiger charge is -2.23. The molecule has 1 N–H and O–H groups in total. The molecule has 3 aromatic rings. The van der Waals surface area contributed by atoms with Crippen LogP contribution in [0.3, 0.4) is 0 Å². The molecule has 1 saturated heterocycles. The van der Waals surface area contributed by atoms with Gasteiger partial charge in [-0.1, -0.05) is 19.0 Å². The van der Waals surface area contributed by atoms with Gasteiger partial charge in [0.05, 0.1) is 6.04 Å². The number of ether oxygens (including phenoxy) is 1. The second kappa shape index (κ2) is 7.82. The number of hydrogen-bond acceptors (Lipinski definition) is 9. The topological polar surface area (TPSA) is 119 Å². The summed E-state index contributed by atoms with van der Waals surface area (Å²) in [5.41, 5.74) is 0.813. The summed E-state index contributed by atoms with van der Waals surface area (Å²) < 4.78 is 10.6. The molecular formula is C19H21N7O3. The third-order valence-corrected chi connectivity index (χ3v) is 4.66. The van der Waals surface area contributed by atoms with Crippen LogP contribution in [0.5, 0.6) is 0 Å². The average Bonchev–Trinajstić information content (AvgIpc) is 3.36. The third kappa shape index (κ3) is 3.86. The Hall–Kier alpha value is -3.56. The maximum absolute atomic E-state index is 12.2. The van der Waals surface area contributed by atoms with Crippen molar-refractivity contribution >= 4 is 17.9 Å². The zero-order valence-corrected chi connectivity index (χ0v) is 16.3. The van der Waals surface area contributed by atoms with Gasteiger partial charge in [0.2, 0.25) is 17.7 Å². The second-order valence-electron chi connectivity index (χ2n) is 7.05. The highest BCUT2D eigenvalue weighted by atomic mass is 16.6. The fraction of sp³-hybridized carbons (Fsp3) is 0.368. The second-order valence-corrected chi connectivity index (χ2v) is 7.05. The van der Waals surface area contributed by atoms with Crippen LogP contribution in [0.1, 0.15) is 32.7 Å². The van der Waals surface area contributed by atoms with Gasteiger partial charge in [-0.2, -0.15) is 9.97 Å². The van der Waals surface area contributed by atoms with Crippen LogP contribution in [0.2, 0.25) is 0 Å². The Morgan fingerprint density at radius 3 is 2.69 bits per heavy atom. The molecule has 10 heteroatoms. The first-order valence-corrected chi connectivity index (χ1v) is 9.32. The Labute approximate surface area is 167 Å². The summed E-state index contributed by atoms with van der Waals surface area (Å²) >= 11 is 0. The summed E-state index contributed by atoms with van der Waals surface area (Å²) in [4.78, 5) is 30.8. The fourth-order valence-electron chi connectivity index (χ4n) is 3.03. The number of nitrogens with zero attached hydrogens (tertiary/aromatic N) is 6. The molecule has 10 nitrogen and oxygen atoms in total. The van der Waals surface area contributed by atoms with Crippen molar-refractivity contribution in [1.29, 1.82) is 0 Å². The molecule has 0 aliphatic carbocycles. The Balaban J connectivity index is 1.51. The van der Waals surface area contributed by atoms with E-state index in [-0.39, 0.29) is 18.0 Å². The number of pyridine rings is 1. The van der Waals surface area contributed by atoms with Gasteiger partial charge in [0.25, 0.3) is 0 Å². The summed E-state index contributed by atoms with van der Waals surface area (Å²) in [5, 5.41) is 7.14. The monoisotopic (exact) mass is 395 g/mol. The number of nitrogens with one attached hydrogen (secondary N) is 1. The van der Waals surface area contributed by atoms with Crippen molar-refractivity contribution in [2.45, 2.75) is 32.9 Å². The Morgan fingerprint density at radius 2 is 1.93 bits per heavy atom. The smallest absolute Gasteiger partial charge is 0.415 e. The van der Waals surface area contributed by atoms with Gasteiger partial charge in [-0.3, -0.25) is 9.88 Å². The van der Waals surface area contributed by atoms with Crippen molar-refractivity contribution in [2.24, 2.45) is 5.92 Å². The minimum absolute atomic E-state index is 0.0680. The molecule has 2 atom stereocenters. The van der Waals surface area contributed by atoms with Crippen molar-refractivity contribution in [1.82, 2.24) is 25.1 Å². The number of anilines is 2. The predicted molar refractivity (Wildman–Crippen MR) is 104 cm³/mol. The molecule has 4 rings (SSSR count). The molecule has 0 bridgehead atoms. The third-order valence-electron chi connectivity index (χ3n) is 4.66. The molecular weight excluding hydrogens is 374 g/mol. The van der Waals surface area contributed by atoms with Crippen LogP contribution in [-0.2, 0) is 4.74 Å². The molecule has 0 unspecified atom stereocenters. The highest BCUT2D eigenvalue weighted by Gasteiger charge is 2.37. The number of amides is 1. The number of rotatable bonds is 6. The molecule has 1 fully saturated rings. The van der Waals surface area contributed by atoms with Crippen molar-refractivity contribution in [3.05, 3.63) is 42.7 Å². The highest BCUT2D eigenvalue weighted by molar-refractivity contribution is 5.89. The lowest BCUT2D eigenvalue weighted by atomic mass is 10.0. The van der Waals surface area contributed by atoms with Crippen LogP contribution in [-0.4, -0.2) is 43.8 Å². The molecule has 150 valence electrons. The maximum atomic E-state index is 12.2. The van der Waals surface area contributed by atoms with E-state index >= 15 is 0 Å². The summed E-state index contributed by atoms with van der Waals surface area (Å²) in [6.45, 7) is 6.29. The zero-order valence-electron chi connectivity index (χ0n) is 16.3. The molecule has 0 aromatic carbocycles. The van der Waals surface area contributed by atoms with Gasteiger partial charge in [-0.05, 0) is 31.0 Å². The van der Waals surface area contributed by atoms with Gasteiger partial charge >= 0.3 is 6.09 Å². The van der Waals surface area contributed by atoms with Gasteiger partial charge in [0, 0.05) is 24.2 Å². The Kier molecular flexibility index (Phi) is 5.07. The van der Waals surface area contributed by atoms with E-state index in [1.165, 1.54) is 0 Å². The van der Waals surface area contributed by atoms with E-state index in [9.17, 15) is 4.79 Å². The van der Waals surface area contributed by atoms with Crippen molar-refractivity contribution in [3.63, 3.8) is 0 Å². The predicted octanol–water partition coefficient (Wildman–Crippen LogP) is 3.08. The summed E-state index contributed by atoms with van der Waals surface area (Å²) in [6.07, 6.45) is 4.52. The lowest BCUT2D eigenvalue weighted by Crippen LogP contribution is -2.37. The molecule has 1 aliphatic rings. The number of aromatic nitrogens is 5. The van der Waals surface area contributed by atoms with Crippen LogP contribution in [0, 0.1) is 5.92 Å². The van der Waals surface area contributed by atoms with E-state index in [4.69, 9.17) is 9.26 Å². The molecule has 29 heavy (non-hydrogen) atoms. The molecule has 0 saturated carbocycles. The summed E-state index contributed by atoms with van der Waals surface area (Å²) in [7, 11) is 0. The average molecular weight is 395 g/mol. The molecule has 3 aromatic heterocycles. The van der Waals surface area contributed by atoms with E-state index < -0.39 is 6.09 Å². The fourth-order valence-corrected chi connectivity index (χ4v) is 3.03. The number of cyclic esters (lactones) is 1. The molecule has 1 amide bonds. The van der Waals surface area contributed by atoms with E-state index in [0.717, 1.165) is 5.56 Å². The van der Waals surface area contributed by atoms with Crippen LogP contribution >= 0.6 is 0 Å². The maximum Gasteiger partial charge on any atom is 0.415 e. The van der Waals surface area contributed by atoms with Gasteiger partial charge in [0.15, 0.2) is 0 Å². The van der Waals surface area contributed by atoms with E-state index in [1.54, 1.807) is 41.7 Å². The van der Waals surface area contributed by atoms with Crippen LogP contribution in [0.25, 0.3) is 11.4 Å². The zero-order chi connectivity index (χ0) is 20.4. The molecule has 4 heterocycles. The first kappa shape index (κ1) is 18.8. The van der Waals surface area contributed by atoms with Gasteiger partial charge in [0.1, 0.15) is 18.5 Å². The van der Waals surface area contributed by atoms with E-state index in [0.29, 0.717) is 30.1 Å². The van der Waals surface area contributed by atoms with Crippen molar-refractivity contribution in [2.75, 3.05) is 16.8 Å². The molecule has 0 spiro atoms. The van der Waals surface area contributed by atoms with Gasteiger partial charge in [-0.15, -0.1) is 0 Å². The van der Waals surface area contributed by atoms with E-state index in [1.807, 2.05) is 20.8 Å². The van der Waals surface area contributed by atoms with Gasteiger partial charge in [-0.25, -0.2) is 9.78 Å². The van der Waals surface area contributed by atoms with Crippen LogP contribution < -0.4 is 10.2 Å². The largest absolute Gasteiger partial charge is 0.447 e. The standard InChI is InChI=1S/C19H21N7O3/c1-11(2)14-10-28-19(27)26(14)15-6-9-21-18(23-15)22-12(3)17-24-16(25-29-17)13-4-7-20-8-5-13/h4-9,11-12,14H,10H2,1-3H3,(H,21,22,23)/t12-,14+/m0/s1. The Bertz CT molecular complexity index is 992. The Morgan fingerprint density at radius 1 is 1.14 bits per heavy atom. The number of hydrogen-bond donors (Lipinski definition) is 1. The molecule has 1 aliphatic heterocycles. The van der Waals surface area contributed by atoms with Crippen molar-refractivity contribution < 1.29 is 14.1 Å².